The van der Waals surface area contributed by atoms with Crippen LogP contribution < -0.4 is 5.32 Å². The molecule has 1 heterocycles. The number of amides is 1. The van der Waals surface area contributed by atoms with E-state index in [-0.39, 0.29) is 5.91 Å². The average molecular weight is 273 g/mol. The molecule has 2 aromatic rings. The summed E-state index contributed by atoms with van der Waals surface area (Å²) in [6.07, 6.45) is -0.561. The van der Waals surface area contributed by atoms with Crippen LogP contribution in [0.25, 0.3) is 0 Å². The Morgan fingerprint density at radius 2 is 2.10 bits per heavy atom. The van der Waals surface area contributed by atoms with E-state index in [0.29, 0.717) is 16.9 Å². The Bertz CT molecular complexity index is 645. The van der Waals surface area contributed by atoms with Crippen LogP contribution in [0.4, 0.5) is 5.69 Å². The van der Waals surface area contributed by atoms with Crippen LogP contribution in [-0.2, 0) is 7.05 Å². The molecule has 1 atom stereocenters. The smallest absolute Gasteiger partial charge is 0.259 e. The van der Waals surface area contributed by atoms with E-state index < -0.39 is 6.10 Å². The second-order valence-corrected chi connectivity index (χ2v) is 4.92. The van der Waals surface area contributed by atoms with Gasteiger partial charge in [-0.05, 0) is 38.5 Å². The molecule has 2 rings (SSSR count). The molecule has 20 heavy (non-hydrogen) atoms. The Balaban J connectivity index is 2.26. The first-order chi connectivity index (χ1) is 9.40. The van der Waals surface area contributed by atoms with Crippen molar-refractivity contribution in [3.8, 4) is 0 Å². The Morgan fingerprint density at radius 3 is 2.65 bits per heavy atom. The fourth-order valence-corrected chi connectivity index (χ4v) is 2.17. The lowest BCUT2D eigenvalue weighted by atomic mass is 10.1. The van der Waals surface area contributed by atoms with Crippen molar-refractivity contribution < 1.29 is 9.90 Å². The molecule has 2 N–H and O–H groups in total. The second-order valence-electron chi connectivity index (χ2n) is 4.92. The first-order valence-electron chi connectivity index (χ1n) is 6.49. The molecular weight excluding hydrogens is 254 g/mol. The Kier molecular flexibility index (Phi) is 3.90. The van der Waals surface area contributed by atoms with Crippen molar-refractivity contribution in [3.63, 3.8) is 0 Å². The van der Waals surface area contributed by atoms with E-state index >= 15 is 0 Å². The van der Waals surface area contributed by atoms with Crippen molar-refractivity contribution in [1.29, 1.82) is 0 Å². The van der Waals surface area contributed by atoms with Crippen molar-refractivity contribution in [2.45, 2.75) is 26.9 Å². The summed E-state index contributed by atoms with van der Waals surface area (Å²) in [5.74, 6) is -0.184. The number of aliphatic hydroxyl groups excluding tert-OH is 1. The predicted octanol–water partition coefficient (Wildman–Crippen LogP) is 2.34. The number of aliphatic hydroxyl groups is 1. The highest BCUT2D eigenvalue weighted by Crippen LogP contribution is 2.19. The summed E-state index contributed by atoms with van der Waals surface area (Å²) in [4.78, 5) is 12.3. The zero-order valence-corrected chi connectivity index (χ0v) is 12.1. The first-order valence-corrected chi connectivity index (χ1v) is 6.49. The molecule has 0 saturated carbocycles. The van der Waals surface area contributed by atoms with Crippen LogP contribution in [0.3, 0.4) is 0 Å². The van der Waals surface area contributed by atoms with Gasteiger partial charge in [0.05, 0.1) is 17.4 Å². The van der Waals surface area contributed by atoms with E-state index in [9.17, 15) is 9.90 Å². The van der Waals surface area contributed by atoms with Gasteiger partial charge in [0.25, 0.3) is 5.91 Å². The van der Waals surface area contributed by atoms with Crippen LogP contribution in [0.1, 0.15) is 40.3 Å². The average Bonchev–Trinajstić information content (AvgIpc) is 2.63. The van der Waals surface area contributed by atoms with Crippen molar-refractivity contribution >= 4 is 11.6 Å². The fraction of sp³-hybridized carbons (Fsp3) is 0.333. The first kappa shape index (κ1) is 14.3. The molecular formula is C15H19N3O2. The van der Waals surface area contributed by atoms with Gasteiger partial charge in [0.2, 0.25) is 0 Å². The van der Waals surface area contributed by atoms with Crippen LogP contribution in [0.15, 0.2) is 24.3 Å². The van der Waals surface area contributed by atoms with E-state index in [0.717, 1.165) is 11.3 Å². The number of anilines is 1. The topological polar surface area (TPSA) is 67.2 Å². The monoisotopic (exact) mass is 273 g/mol. The van der Waals surface area contributed by atoms with E-state index in [2.05, 4.69) is 10.4 Å². The maximum absolute atomic E-state index is 12.3. The summed E-state index contributed by atoms with van der Waals surface area (Å²) in [7, 11) is 1.81. The van der Waals surface area contributed by atoms with Gasteiger partial charge in [-0.25, -0.2) is 0 Å². The summed E-state index contributed by atoms with van der Waals surface area (Å²) in [5.41, 5.74) is 3.55. The molecule has 5 heteroatoms. The van der Waals surface area contributed by atoms with Crippen molar-refractivity contribution in [3.05, 3.63) is 46.8 Å². The number of benzene rings is 1. The molecule has 0 fully saturated rings. The Hall–Kier alpha value is -2.14. The van der Waals surface area contributed by atoms with Crippen LogP contribution in [0.5, 0.6) is 0 Å². The SMILES string of the molecule is Cc1nn(C)c(C)c1C(=O)Nc1cccc(C(C)O)c1. The number of nitrogens with one attached hydrogen (secondary N) is 1. The fourth-order valence-electron chi connectivity index (χ4n) is 2.17. The highest BCUT2D eigenvalue weighted by Gasteiger charge is 2.17. The molecule has 106 valence electrons. The molecule has 1 amide bonds. The van der Waals surface area contributed by atoms with Crippen LogP contribution >= 0.6 is 0 Å². The molecule has 0 aliphatic rings. The largest absolute Gasteiger partial charge is 0.389 e. The third kappa shape index (κ3) is 2.72. The molecule has 0 bridgehead atoms. The molecule has 0 spiro atoms. The van der Waals surface area contributed by atoms with E-state index in [4.69, 9.17) is 0 Å². The van der Waals surface area contributed by atoms with Gasteiger partial charge >= 0.3 is 0 Å². The van der Waals surface area contributed by atoms with Gasteiger partial charge in [-0.1, -0.05) is 12.1 Å². The lowest BCUT2D eigenvalue weighted by Crippen LogP contribution is -2.14. The molecule has 0 aliphatic heterocycles. The van der Waals surface area contributed by atoms with E-state index in [1.807, 2.05) is 27.0 Å². The Morgan fingerprint density at radius 1 is 1.40 bits per heavy atom. The molecule has 1 unspecified atom stereocenters. The molecule has 0 radical (unpaired) electrons. The van der Waals surface area contributed by atoms with Crippen LogP contribution in [-0.4, -0.2) is 20.8 Å². The van der Waals surface area contributed by atoms with Gasteiger partial charge in [0.15, 0.2) is 0 Å². The number of carbonyl (C=O) groups excluding carboxylic acids is 1. The Labute approximate surface area is 118 Å². The maximum atomic E-state index is 12.3. The highest BCUT2D eigenvalue weighted by molar-refractivity contribution is 6.05. The third-order valence-corrected chi connectivity index (χ3v) is 3.36. The third-order valence-electron chi connectivity index (χ3n) is 3.36. The number of nitrogens with zero attached hydrogens (tertiary/aromatic N) is 2. The van der Waals surface area contributed by atoms with Crippen molar-refractivity contribution in [2.24, 2.45) is 7.05 Å². The number of carbonyl (C=O) groups is 1. The normalized spacial score (nSPS) is 12.2. The zero-order valence-electron chi connectivity index (χ0n) is 12.1. The van der Waals surface area contributed by atoms with E-state index in [1.165, 1.54) is 0 Å². The summed E-state index contributed by atoms with van der Waals surface area (Å²) in [5, 5.41) is 16.6. The number of hydrogen-bond donors (Lipinski definition) is 2. The number of aromatic nitrogens is 2. The van der Waals surface area contributed by atoms with Gasteiger partial charge in [-0.3, -0.25) is 9.48 Å². The molecule has 0 saturated heterocycles. The second kappa shape index (κ2) is 5.46. The van der Waals surface area contributed by atoms with Crippen molar-refractivity contribution in [1.82, 2.24) is 9.78 Å². The van der Waals surface area contributed by atoms with E-state index in [1.54, 1.807) is 29.8 Å². The standard InChI is InChI=1S/C15H19N3O2/c1-9-14(10(2)18(4)17-9)15(20)16-13-7-5-6-12(8-13)11(3)19/h5-8,11,19H,1-4H3,(H,16,20). The minimum Gasteiger partial charge on any atom is -0.389 e. The van der Waals surface area contributed by atoms with Gasteiger partial charge < -0.3 is 10.4 Å². The zero-order chi connectivity index (χ0) is 14.9. The van der Waals surface area contributed by atoms with Crippen molar-refractivity contribution in [2.75, 3.05) is 5.32 Å². The van der Waals surface area contributed by atoms with Gasteiger partial charge in [0, 0.05) is 18.4 Å². The number of aryl methyl sites for hydroxylation is 2. The summed E-state index contributed by atoms with van der Waals surface area (Å²) in [6, 6.07) is 7.19. The maximum Gasteiger partial charge on any atom is 0.259 e. The number of hydrogen-bond acceptors (Lipinski definition) is 3. The molecule has 1 aromatic heterocycles. The quantitative estimate of drug-likeness (QED) is 0.902. The lowest BCUT2D eigenvalue weighted by Gasteiger charge is -2.09. The number of rotatable bonds is 3. The minimum absolute atomic E-state index is 0.184. The molecule has 5 nitrogen and oxygen atoms in total. The predicted molar refractivity (Wildman–Crippen MR) is 77.7 cm³/mol. The van der Waals surface area contributed by atoms with Crippen LogP contribution in [0.2, 0.25) is 0 Å². The minimum atomic E-state index is -0.561. The van der Waals surface area contributed by atoms with Gasteiger partial charge in [0.1, 0.15) is 0 Å². The molecule has 1 aromatic carbocycles. The van der Waals surface area contributed by atoms with Gasteiger partial charge in [-0.15, -0.1) is 0 Å². The summed E-state index contributed by atoms with van der Waals surface area (Å²) in [6.45, 7) is 5.37. The lowest BCUT2D eigenvalue weighted by molar-refractivity contribution is 0.102. The van der Waals surface area contributed by atoms with Crippen LogP contribution in [0, 0.1) is 13.8 Å². The summed E-state index contributed by atoms with van der Waals surface area (Å²) >= 11 is 0. The highest BCUT2D eigenvalue weighted by atomic mass is 16.3. The summed E-state index contributed by atoms with van der Waals surface area (Å²) < 4.78 is 1.69. The van der Waals surface area contributed by atoms with Gasteiger partial charge in [-0.2, -0.15) is 5.10 Å². The molecule has 0 aliphatic carbocycles.